The number of rotatable bonds is 5. The molecule has 3 heterocycles. The summed E-state index contributed by atoms with van der Waals surface area (Å²) < 4.78 is 0. The van der Waals surface area contributed by atoms with Crippen molar-refractivity contribution in [1.82, 2.24) is 15.1 Å². The molecule has 3 amide bonds. The van der Waals surface area contributed by atoms with E-state index in [9.17, 15) is 14.4 Å². The third-order valence-electron chi connectivity index (χ3n) is 6.98. The quantitative estimate of drug-likeness (QED) is 0.720. The highest BCUT2D eigenvalue weighted by atomic mass is 32.1. The Balaban J connectivity index is 1.46. The van der Waals surface area contributed by atoms with Crippen LogP contribution in [0.1, 0.15) is 64.6 Å². The number of thiophene rings is 1. The van der Waals surface area contributed by atoms with E-state index in [0.717, 1.165) is 31.4 Å². The molecule has 2 aromatic rings. The fraction of sp³-hybridized carbons (Fsp3) is 0.500. The molecule has 1 aromatic heterocycles. The van der Waals surface area contributed by atoms with Gasteiger partial charge in [0.15, 0.2) is 0 Å². The van der Waals surface area contributed by atoms with Crippen molar-refractivity contribution in [3.05, 3.63) is 57.8 Å². The highest BCUT2D eigenvalue weighted by Gasteiger charge is 2.38. The monoisotopic (exact) mass is 467 g/mol. The van der Waals surface area contributed by atoms with Gasteiger partial charge in [0.05, 0.1) is 4.88 Å². The minimum absolute atomic E-state index is 0.0117. The molecule has 2 aliphatic rings. The second-order valence-electron chi connectivity index (χ2n) is 9.30. The number of hydrogen-bond donors (Lipinski definition) is 1. The lowest BCUT2D eigenvalue weighted by molar-refractivity contribution is -0.138. The fourth-order valence-electron chi connectivity index (χ4n) is 4.92. The summed E-state index contributed by atoms with van der Waals surface area (Å²) in [6, 6.07) is 10.9. The molecule has 2 atom stereocenters. The maximum atomic E-state index is 13.6. The smallest absolute Gasteiger partial charge is 0.262 e. The normalized spacial score (nSPS) is 20.4. The Morgan fingerprint density at radius 2 is 1.73 bits per heavy atom. The zero-order valence-corrected chi connectivity index (χ0v) is 20.3. The molecule has 2 fully saturated rings. The molecule has 2 unspecified atom stereocenters. The summed E-state index contributed by atoms with van der Waals surface area (Å²) in [4.78, 5) is 43.9. The first kappa shape index (κ1) is 23.5. The molecule has 4 rings (SSSR count). The first-order chi connectivity index (χ1) is 15.9. The molecule has 1 N–H and O–H groups in total. The van der Waals surface area contributed by atoms with Gasteiger partial charge >= 0.3 is 0 Å². The Bertz CT molecular complexity index is 965. The van der Waals surface area contributed by atoms with Gasteiger partial charge in [-0.2, -0.15) is 0 Å². The number of likely N-dealkylation sites (tertiary alicyclic amines) is 2. The van der Waals surface area contributed by atoms with Gasteiger partial charge in [-0.1, -0.05) is 23.8 Å². The fourth-order valence-corrected chi connectivity index (χ4v) is 5.55. The van der Waals surface area contributed by atoms with E-state index in [0.29, 0.717) is 36.4 Å². The second kappa shape index (κ2) is 10.5. The highest BCUT2D eigenvalue weighted by Crippen LogP contribution is 2.26. The molecule has 176 valence electrons. The van der Waals surface area contributed by atoms with Crippen LogP contribution in [0.4, 0.5) is 0 Å². The molecule has 0 spiro atoms. The number of carbonyl (C=O) groups excluding carboxylic acids is 3. The SMILES string of the molecule is Cc1ccc(C(=O)N2CCC(C(NC(=O)c3cccs3)C(=O)N3CCCCC3C)CC2)cc1. The topological polar surface area (TPSA) is 69.7 Å². The standard InChI is InChI=1S/C26H33N3O3S/c1-18-8-10-21(11-9-18)25(31)28-15-12-20(13-16-28)23(27-24(30)22-7-5-17-33-22)26(32)29-14-4-3-6-19(29)2/h5,7-11,17,19-20,23H,3-4,6,12-16H2,1-2H3,(H,27,30). The summed E-state index contributed by atoms with van der Waals surface area (Å²) >= 11 is 1.38. The Morgan fingerprint density at radius 1 is 1.00 bits per heavy atom. The molecular weight excluding hydrogens is 434 g/mol. The van der Waals surface area contributed by atoms with Gasteiger partial charge in [-0.05, 0) is 75.4 Å². The molecule has 7 heteroatoms. The number of benzene rings is 1. The predicted octanol–water partition coefficient (Wildman–Crippen LogP) is 4.11. The summed E-state index contributed by atoms with van der Waals surface area (Å²) in [6.07, 6.45) is 4.53. The van der Waals surface area contributed by atoms with Gasteiger partial charge in [0, 0.05) is 31.2 Å². The average Bonchev–Trinajstić information content (AvgIpc) is 3.38. The molecule has 0 saturated carbocycles. The summed E-state index contributed by atoms with van der Waals surface area (Å²) in [5.41, 5.74) is 1.82. The third-order valence-corrected chi connectivity index (χ3v) is 7.85. The summed E-state index contributed by atoms with van der Waals surface area (Å²) in [5, 5.41) is 4.93. The van der Waals surface area contributed by atoms with E-state index in [1.165, 1.54) is 11.3 Å². The van der Waals surface area contributed by atoms with Crippen LogP contribution in [0.25, 0.3) is 0 Å². The summed E-state index contributed by atoms with van der Waals surface area (Å²) in [5.74, 6) is -0.122. The van der Waals surface area contributed by atoms with E-state index < -0.39 is 6.04 Å². The Hall–Kier alpha value is -2.67. The average molecular weight is 468 g/mol. The van der Waals surface area contributed by atoms with E-state index in [-0.39, 0.29) is 29.7 Å². The Morgan fingerprint density at radius 3 is 2.36 bits per heavy atom. The van der Waals surface area contributed by atoms with Gasteiger partial charge in [-0.25, -0.2) is 0 Å². The lowest BCUT2D eigenvalue weighted by Gasteiger charge is -2.40. The molecule has 1 aromatic carbocycles. The summed E-state index contributed by atoms with van der Waals surface area (Å²) in [7, 11) is 0. The van der Waals surface area contributed by atoms with Gasteiger partial charge in [0.2, 0.25) is 5.91 Å². The van der Waals surface area contributed by atoms with Crippen LogP contribution in [0.3, 0.4) is 0 Å². The number of amides is 3. The first-order valence-corrected chi connectivity index (χ1v) is 12.8. The number of nitrogens with zero attached hydrogens (tertiary/aromatic N) is 2. The van der Waals surface area contributed by atoms with Gasteiger partial charge in [0.25, 0.3) is 11.8 Å². The molecule has 0 bridgehead atoms. The maximum Gasteiger partial charge on any atom is 0.262 e. The zero-order chi connectivity index (χ0) is 23.4. The second-order valence-corrected chi connectivity index (χ2v) is 10.2. The Labute approximate surface area is 200 Å². The van der Waals surface area contributed by atoms with Crippen molar-refractivity contribution in [3.8, 4) is 0 Å². The van der Waals surface area contributed by atoms with Crippen LogP contribution in [0.5, 0.6) is 0 Å². The minimum Gasteiger partial charge on any atom is -0.339 e. The third kappa shape index (κ3) is 5.46. The van der Waals surface area contributed by atoms with Gasteiger partial charge in [0.1, 0.15) is 6.04 Å². The number of aryl methyl sites for hydroxylation is 1. The minimum atomic E-state index is -0.559. The maximum absolute atomic E-state index is 13.6. The largest absolute Gasteiger partial charge is 0.339 e. The van der Waals surface area contributed by atoms with Crippen molar-refractivity contribution in [3.63, 3.8) is 0 Å². The van der Waals surface area contributed by atoms with Crippen molar-refractivity contribution in [2.75, 3.05) is 19.6 Å². The van der Waals surface area contributed by atoms with Crippen LogP contribution in [0, 0.1) is 12.8 Å². The van der Waals surface area contributed by atoms with Crippen molar-refractivity contribution in [1.29, 1.82) is 0 Å². The molecule has 33 heavy (non-hydrogen) atoms. The molecule has 0 radical (unpaired) electrons. The van der Waals surface area contributed by atoms with E-state index in [4.69, 9.17) is 0 Å². The van der Waals surface area contributed by atoms with Crippen molar-refractivity contribution >= 4 is 29.1 Å². The van der Waals surface area contributed by atoms with Crippen LogP contribution < -0.4 is 5.32 Å². The first-order valence-electron chi connectivity index (χ1n) is 11.9. The van der Waals surface area contributed by atoms with Crippen LogP contribution in [0.15, 0.2) is 41.8 Å². The number of hydrogen-bond acceptors (Lipinski definition) is 4. The number of piperidine rings is 2. The van der Waals surface area contributed by atoms with Crippen LogP contribution in [-0.4, -0.2) is 59.2 Å². The molecular formula is C26H33N3O3S. The summed E-state index contributed by atoms with van der Waals surface area (Å²) in [6.45, 7) is 6.02. The van der Waals surface area contributed by atoms with Crippen molar-refractivity contribution in [2.24, 2.45) is 5.92 Å². The molecule has 6 nitrogen and oxygen atoms in total. The van der Waals surface area contributed by atoms with E-state index >= 15 is 0 Å². The molecule has 2 saturated heterocycles. The number of carbonyl (C=O) groups is 3. The highest BCUT2D eigenvalue weighted by molar-refractivity contribution is 7.12. The van der Waals surface area contributed by atoms with Crippen LogP contribution in [0.2, 0.25) is 0 Å². The predicted molar refractivity (Wildman–Crippen MR) is 130 cm³/mol. The lowest BCUT2D eigenvalue weighted by Crippen LogP contribution is -2.57. The van der Waals surface area contributed by atoms with E-state index in [2.05, 4.69) is 12.2 Å². The Kier molecular flexibility index (Phi) is 7.48. The van der Waals surface area contributed by atoms with Gasteiger partial charge < -0.3 is 15.1 Å². The number of nitrogens with one attached hydrogen (secondary N) is 1. The van der Waals surface area contributed by atoms with Gasteiger partial charge in [-0.15, -0.1) is 11.3 Å². The van der Waals surface area contributed by atoms with Crippen molar-refractivity contribution in [2.45, 2.75) is 58.0 Å². The van der Waals surface area contributed by atoms with Crippen LogP contribution >= 0.6 is 11.3 Å². The molecule has 2 aliphatic heterocycles. The zero-order valence-electron chi connectivity index (χ0n) is 19.5. The van der Waals surface area contributed by atoms with Crippen molar-refractivity contribution < 1.29 is 14.4 Å². The van der Waals surface area contributed by atoms with E-state index in [1.807, 2.05) is 52.4 Å². The lowest BCUT2D eigenvalue weighted by atomic mass is 9.87. The van der Waals surface area contributed by atoms with Crippen LogP contribution in [-0.2, 0) is 4.79 Å². The van der Waals surface area contributed by atoms with Gasteiger partial charge in [-0.3, -0.25) is 14.4 Å². The molecule has 0 aliphatic carbocycles. The van der Waals surface area contributed by atoms with E-state index in [1.54, 1.807) is 6.07 Å².